The maximum atomic E-state index is 11.1. The molecule has 1 aromatic rings. The number of nitro benzene ring substituents is 1. The number of rotatable bonds is 6. The largest absolute Gasteiger partial charge is 0.395 e. The van der Waals surface area contributed by atoms with Gasteiger partial charge in [-0.05, 0) is 19.1 Å². The van der Waals surface area contributed by atoms with Crippen LogP contribution in [-0.4, -0.2) is 36.8 Å². The van der Waals surface area contributed by atoms with Crippen LogP contribution in [0.1, 0.15) is 6.92 Å². The van der Waals surface area contributed by atoms with Crippen molar-refractivity contribution in [2.24, 2.45) is 0 Å². The molecule has 0 radical (unpaired) electrons. The molecular formula is C11H17N3O3. The topological polar surface area (TPSA) is 78.6 Å². The molecule has 0 aromatic heterocycles. The fourth-order valence-electron chi connectivity index (χ4n) is 1.75. The molecule has 0 aliphatic rings. The van der Waals surface area contributed by atoms with Crippen LogP contribution < -0.4 is 10.2 Å². The quantitative estimate of drug-likeness (QED) is 0.580. The number of hydrogen-bond donors (Lipinski definition) is 2. The average molecular weight is 239 g/mol. The van der Waals surface area contributed by atoms with Crippen molar-refractivity contribution in [2.45, 2.75) is 6.92 Å². The second-order valence-electron chi connectivity index (χ2n) is 3.48. The van der Waals surface area contributed by atoms with E-state index in [1.807, 2.05) is 6.92 Å². The summed E-state index contributed by atoms with van der Waals surface area (Å²) in [4.78, 5) is 12.5. The minimum atomic E-state index is -0.402. The lowest BCUT2D eigenvalue weighted by molar-refractivity contribution is -0.383. The second-order valence-corrected chi connectivity index (χ2v) is 3.48. The van der Waals surface area contributed by atoms with Gasteiger partial charge in [0.15, 0.2) is 0 Å². The van der Waals surface area contributed by atoms with E-state index in [1.165, 1.54) is 0 Å². The number of likely N-dealkylation sites (N-methyl/N-ethyl adjacent to an activating group) is 1. The van der Waals surface area contributed by atoms with Crippen LogP contribution in [-0.2, 0) is 0 Å². The van der Waals surface area contributed by atoms with E-state index in [1.54, 1.807) is 30.1 Å². The fraction of sp³-hybridized carbons (Fsp3) is 0.455. The van der Waals surface area contributed by atoms with Gasteiger partial charge >= 0.3 is 5.69 Å². The van der Waals surface area contributed by atoms with Crippen LogP contribution in [0, 0.1) is 10.1 Å². The summed E-state index contributed by atoms with van der Waals surface area (Å²) in [7, 11) is 1.65. The predicted molar refractivity (Wildman–Crippen MR) is 67.6 cm³/mol. The molecule has 0 amide bonds. The van der Waals surface area contributed by atoms with E-state index in [0.29, 0.717) is 24.5 Å². The predicted octanol–water partition coefficient (Wildman–Crippen LogP) is 1.46. The Labute approximate surface area is 100 Å². The van der Waals surface area contributed by atoms with Gasteiger partial charge < -0.3 is 15.3 Å². The summed E-state index contributed by atoms with van der Waals surface area (Å²) in [5.74, 6) is 0. The third kappa shape index (κ3) is 2.85. The summed E-state index contributed by atoms with van der Waals surface area (Å²) in [5.41, 5.74) is 1.05. The highest BCUT2D eigenvalue weighted by Crippen LogP contribution is 2.34. The van der Waals surface area contributed by atoms with Crippen LogP contribution in [0.4, 0.5) is 17.1 Å². The average Bonchev–Trinajstić information content (AvgIpc) is 2.34. The summed E-state index contributed by atoms with van der Waals surface area (Å²) < 4.78 is 0. The zero-order valence-corrected chi connectivity index (χ0v) is 10.0. The molecule has 1 rings (SSSR count). The Morgan fingerprint density at radius 1 is 1.53 bits per heavy atom. The molecule has 0 heterocycles. The monoisotopic (exact) mass is 239 g/mol. The van der Waals surface area contributed by atoms with Crippen molar-refractivity contribution in [3.05, 3.63) is 28.3 Å². The number of para-hydroxylation sites is 1. The second kappa shape index (κ2) is 6.05. The molecule has 94 valence electrons. The van der Waals surface area contributed by atoms with E-state index in [4.69, 9.17) is 5.11 Å². The first-order chi connectivity index (χ1) is 8.15. The molecule has 0 unspecified atom stereocenters. The highest BCUT2D eigenvalue weighted by atomic mass is 16.6. The van der Waals surface area contributed by atoms with Crippen LogP contribution in [0.3, 0.4) is 0 Å². The van der Waals surface area contributed by atoms with E-state index >= 15 is 0 Å². The number of nitrogens with zero attached hydrogens (tertiary/aromatic N) is 2. The molecule has 0 spiro atoms. The minimum absolute atomic E-state index is 0.0330. The molecule has 6 nitrogen and oxygen atoms in total. The lowest BCUT2D eigenvalue weighted by atomic mass is 10.2. The zero-order chi connectivity index (χ0) is 12.8. The van der Waals surface area contributed by atoms with Gasteiger partial charge in [-0.1, -0.05) is 6.07 Å². The number of anilines is 2. The van der Waals surface area contributed by atoms with Gasteiger partial charge in [-0.3, -0.25) is 10.1 Å². The first kappa shape index (κ1) is 13.2. The SMILES string of the molecule is CCN(CCO)c1cccc(NC)c1[N+](=O)[O-]. The summed E-state index contributed by atoms with van der Waals surface area (Å²) >= 11 is 0. The van der Waals surface area contributed by atoms with Crippen molar-refractivity contribution < 1.29 is 10.0 Å². The minimum Gasteiger partial charge on any atom is -0.395 e. The lowest BCUT2D eigenvalue weighted by Gasteiger charge is -2.22. The van der Waals surface area contributed by atoms with E-state index < -0.39 is 4.92 Å². The Morgan fingerprint density at radius 3 is 2.71 bits per heavy atom. The molecular weight excluding hydrogens is 222 g/mol. The highest BCUT2D eigenvalue weighted by Gasteiger charge is 2.22. The van der Waals surface area contributed by atoms with E-state index in [9.17, 15) is 10.1 Å². The van der Waals surface area contributed by atoms with E-state index in [0.717, 1.165) is 0 Å². The summed E-state index contributed by atoms with van der Waals surface area (Å²) in [6.45, 7) is 2.85. The van der Waals surface area contributed by atoms with Gasteiger partial charge in [-0.15, -0.1) is 0 Å². The molecule has 1 aromatic carbocycles. The number of aliphatic hydroxyl groups is 1. The standard InChI is InChI=1S/C11H17N3O3/c1-3-13(7-8-15)10-6-4-5-9(12-2)11(10)14(16)17/h4-6,12,15H,3,7-8H2,1-2H3. The van der Waals surface area contributed by atoms with Gasteiger partial charge in [0.05, 0.1) is 11.5 Å². The number of nitro groups is 1. The lowest BCUT2D eigenvalue weighted by Crippen LogP contribution is -2.27. The van der Waals surface area contributed by atoms with E-state index in [2.05, 4.69) is 5.32 Å². The Hall–Kier alpha value is -1.82. The van der Waals surface area contributed by atoms with Gasteiger partial charge in [0, 0.05) is 20.1 Å². The number of aliphatic hydroxyl groups excluding tert-OH is 1. The molecule has 0 bridgehead atoms. The molecule has 2 N–H and O–H groups in total. The molecule has 0 aliphatic carbocycles. The van der Waals surface area contributed by atoms with E-state index in [-0.39, 0.29) is 12.3 Å². The van der Waals surface area contributed by atoms with Crippen molar-refractivity contribution >= 4 is 17.1 Å². The third-order valence-corrected chi connectivity index (χ3v) is 2.56. The van der Waals surface area contributed by atoms with Crippen LogP contribution >= 0.6 is 0 Å². The third-order valence-electron chi connectivity index (χ3n) is 2.56. The van der Waals surface area contributed by atoms with Crippen molar-refractivity contribution in [1.29, 1.82) is 0 Å². The fourth-order valence-corrected chi connectivity index (χ4v) is 1.75. The number of benzene rings is 1. The maximum Gasteiger partial charge on any atom is 0.315 e. The summed E-state index contributed by atoms with van der Waals surface area (Å²) in [5, 5.41) is 22.9. The Kier molecular flexibility index (Phi) is 4.71. The molecule has 0 saturated heterocycles. The summed E-state index contributed by atoms with van der Waals surface area (Å²) in [6, 6.07) is 5.11. The Morgan fingerprint density at radius 2 is 2.24 bits per heavy atom. The Balaban J connectivity index is 3.25. The van der Waals surface area contributed by atoms with Crippen LogP contribution in [0.5, 0.6) is 0 Å². The van der Waals surface area contributed by atoms with Crippen molar-refractivity contribution in [1.82, 2.24) is 0 Å². The van der Waals surface area contributed by atoms with Crippen molar-refractivity contribution in [3.63, 3.8) is 0 Å². The number of nitrogens with one attached hydrogen (secondary N) is 1. The first-order valence-electron chi connectivity index (χ1n) is 5.46. The smallest absolute Gasteiger partial charge is 0.315 e. The van der Waals surface area contributed by atoms with Crippen LogP contribution in [0.2, 0.25) is 0 Å². The first-order valence-corrected chi connectivity index (χ1v) is 5.46. The molecule has 0 fully saturated rings. The summed E-state index contributed by atoms with van der Waals surface area (Å²) in [6.07, 6.45) is 0. The van der Waals surface area contributed by atoms with Crippen molar-refractivity contribution in [2.75, 3.05) is 37.0 Å². The van der Waals surface area contributed by atoms with Gasteiger partial charge in [0.1, 0.15) is 11.4 Å². The number of hydrogen-bond acceptors (Lipinski definition) is 5. The van der Waals surface area contributed by atoms with Crippen LogP contribution in [0.15, 0.2) is 18.2 Å². The van der Waals surface area contributed by atoms with Gasteiger partial charge in [0.25, 0.3) is 0 Å². The molecule has 0 atom stereocenters. The van der Waals surface area contributed by atoms with Crippen LogP contribution in [0.25, 0.3) is 0 Å². The van der Waals surface area contributed by atoms with Gasteiger partial charge in [-0.2, -0.15) is 0 Å². The Bertz CT molecular complexity index is 396. The van der Waals surface area contributed by atoms with Crippen molar-refractivity contribution in [3.8, 4) is 0 Å². The molecule has 6 heteroatoms. The van der Waals surface area contributed by atoms with Gasteiger partial charge in [-0.25, -0.2) is 0 Å². The van der Waals surface area contributed by atoms with Gasteiger partial charge in [0.2, 0.25) is 0 Å². The normalized spacial score (nSPS) is 10.1. The molecule has 17 heavy (non-hydrogen) atoms. The zero-order valence-electron chi connectivity index (χ0n) is 10.0. The molecule has 0 saturated carbocycles. The maximum absolute atomic E-state index is 11.1. The molecule has 0 aliphatic heterocycles. The highest BCUT2D eigenvalue weighted by molar-refractivity contribution is 5.76.